The molecule has 3 aromatic carbocycles. The normalized spacial score (nSPS) is 14.8. The summed E-state index contributed by atoms with van der Waals surface area (Å²) >= 11 is 7.56. The van der Waals surface area contributed by atoms with E-state index in [9.17, 15) is 9.59 Å². The molecule has 41 heavy (non-hydrogen) atoms. The molecular weight excluding hydrogens is 560 g/mol. The summed E-state index contributed by atoms with van der Waals surface area (Å²) in [6.07, 6.45) is 1.80. The lowest BCUT2D eigenvalue weighted by Gasteiger charge is -2.24. The van der Waals surface area contributed by atoms with E-state index in [1.165, 1.54) is 11.3 Å². The van der Waals surface area contributed by atoms with Gasteiger partial charge in [0.15, 0.2) is 16.3 Å². The lowest BCUT2D eigenvalue weighted by atomic mass is 9.96. The Morgan fingerprint density at radius 2 is 1.76 bits per heavy atom. The Hall–Kier alpha value is -4.14. The first kappa shape index (κ1) is 28.4. The van der Waals surface area contributed by atoms with Crippen LogP contribution in [0.3, 0.4) is 0 Å². The van der Waals surface area contributed by atoms with Gasteiger partial charge < -0.3 is 14.2 Å². The summed E-state index contributed by atoms with van der Waals surface area (Å²) in [7, 11) is 0. The summed E-state index contributed by atoms with van der Waals surface area (Å²) in [6.45, 7) is 6.39. The first-order valence-electron chi connectivity index (χ1n) is 13.3. The maximum Gasteiger partial charge on any atom is 0.338 e. The van der Waals surface area contributed by atoms with Crippen LogP contribution in [0.25, 0.3) is 6.08 Å². The molecule has 0 saturated carbocycles. The lowest BCUT2D eigenvalue weighted by molar-refractivity contribution is -0.139. The number of carbonyl (C=O) groups is 1. The molecule has 9 heteroatoms. The van der Waals surface area contributed by atoms with Crippen molar-refractivity contribution in [1.82, 2.24) is 4.57 Å². The number of hydrogen-bond acceptors (Lipinski definition) is 7. The number of thiazole rings is 1. The van der Waals surface area contributed by atoms with E-state index in [2.05, 4.69) is 4.99 Å². The van der Waals surface area contributed by atoms with Gasteiger partial charge in [0, 0.05) is 10.6 Å². The molecule has 0 N–H and O–H groups in total. The highest BCUT2D eigenvalue weighted by Gasteiger charge is 2.33. The van der Waals surface area contributed by atoms with E-state index in [-0.39, 0.29) is 12.2 Å². The number of rotatable bonds is 9. The molecular formula is C32H29ClN2O5S. The van der Waals surface area contributed by atoms with Crippen LogP contribution >= 0.6 is 22.9 Å². The average Bonchev–Trinajstić information content (AvgIpc) is 3.27. The molecule has 1 atom stereocenters. The number of allylic oxidation sites excluding steroid dienone is 1. The zero-order chi connectivity index (χ0) is 28.9. The van der Waals surface area contributed by atoms with Gasteiger partial charge in [0.05, 0.1) is 35.1 Å². The van der Waals surface area contributed by atoms with E-state index in [0.717, 1.165) is 16.7 Å². The van der Waals surface area contributed by atoms with E-state index in [0.29, 0.717) is 50.3 Å². The number of halogens is 1. The van der Waals surface area contributed by atoms with Crippen LogP contribution < -0.4 is 24.4 Å². The number of hydrogen-bond donors (Lipinski definition) is 0. The predicted octanol–water partition coefficient (Wildman–Crippen LogP) is 5.43. The summed E-state index contributed by atoms with van der Waals surface area (Å²) in [5.74, 6) is 0.651. The first-order chi connectivity index (χ1) is 19.9. The van der Waals surface area contributed by atoms with Crippen molar-refractivity contribution in [2.75, 3.05) is 13.2 Å². The molecule has 0 saturated heterocycles. The summed E-state index contributed by atoms with van der Waals surface area (Å²) < 4.78 is 19.3. The minimum Gasteiger partial charge on any atom is -0.490 e. The van der Waals surface area contributed by atoms with Crippen LogP contribution in [0, 0.1) is 0 Å². The molecule has 0 bridgehead atoms. The molecule has 5 rings (SSSR count). The Kier molecular flexibility index (Phi) is 8.71. The van der Waals surface area contributed by atoms with Crippen molar-refractivity contribution in [2.24, 2.45) is 4.99 Å². The van der Waals surface area contributed by atoms with Crippen molar-refractivity contribution >= 4 is 35.0 Å². The second-order valence-corrected chi connectivity index (χ2v) is 10.6. The van der Waals surface area contributed by atoms with Gasteiger partial charge in [-0.2, -0.15) is 0 Å². The molecule has 0 amide bonds. The second kappa shape index (κ2) is 12.6. The smallest absolute Gasteiger partial charge is 0.338 e. The largest absolute Gasteiger partial charge is 0.490 e. The molecule has 2 heterocycles. The van der Waals surface area contributed by atoms with Crippen LogP contribution in [-0.2, 0) is 16.1 Å². The molecule has 0 aliphatic carbocycles. The SMILES string of the molecule is CCOC(=O)C1=C(C)N=c2s/c(=C/c3ccc(OCc4ccccc4Cl)c(OCC)c3)c(=O)n2[C@H]1c1ccccc1. The zero-order valence-corrected chi connectivity index (χ0v) is 24.5. The Labute approximate surface area is 246 Å². The minimum absolute atomic E-state index is 0.224. The van der Waals surface area contributed by atoms with Crippen molar-refractivity contribution in [1.29, 1.82) is 0 Å². The van der Waals surface area contributed by atoms with Gasteiger partial charge in [-0.3, -0.25) is 9.36 Å². The van der Waals surface area contributed by atoms with Gasteiger partial charge in [-0.25, -0.2) is 9.79 Å². The van der Waals surface area contributed by atoms with Crippen molar-refractivity contribution in [2.45, 2.75) is 33.4 Å². The fourth-order valence-electron chi connectivity index (χ4n) is 4.67. The zero-order valence-electron chi connectivity index (χ0n) is 22.9. The molecule has 0 fully saturated rings. The van der Waals surface area contributed by atoms with E-state index in [1.807, 2.05) is 79.7 Å². The number of fused-ring (bicyclic) bond motifs is 1. The van der Waals surface area contributed by atoms with Crippen molar-refractivity contribution in [3.8, 4) is 11.5 Å². The highest BCUT2D eigenvalue weighted by Crippen LogP contribution is 2.32. The van der Waals surface area contributed by atoms with E-state index < -0.39 is 12.0 Å². The van der Waals surface area contributed by atoms with Crippen molar-refractivity contribution < 1.29 is 19.0 Å². The van der Waals surface area contributed by atoms with Gasteiger partial charge in [-0.1, -0.05) is 77.5 Å². The van der Waals surface area contributed by atoms with Gasteiger partial charge in [0.25, 0.3) is 5.56 Å². The maximum atomic E-state index is 13.8. The van der Waals surface area contributed by atoms with Crippen LogP contribution in [0.2, 0.25) is 5.02 Å². The van der Waals surface area contributed by atoms with E-state index in [1.54, 1.807) is 24.5 Å². The first-order valence-corrected chi connectivity index (χ1v) is 14.5. The number of esters is 1. The molecule has 210 valence electrons. The highest BCUT2D eigenvalue weighted by atomic mass is 35.5. The lowest BCUT2D eigenvalue weighted by Crippen LogP contribution is -2.39. The highest BCUT2D eigenvalue weighted by molar-refractivity contribution is 7.07. The maximum absolute atomic E-state index is 13.8. The summed E-state index contributed by atoms with van der Waals surface area (Å²) in [5, 5.41) is 0.632. The van der Waals surface area contributed by atoms with Crippen LogP contribution in [0.5, 0.6) is 11.5 Å². The molecule has 1 aromatic heterocycles. The van der Waals surface area contributed by atoms with Crippen LogP contribution in [0.15, 0.2) is 93.9 Å². The number of nitrogens with zero attached hydrogens (tertiary/aromatic N) is 2. The fraction of sp³-hybridized carbons (Fsp3) is 0.219. The molecule has 1 aliphatic rings. The van der Waals surface area contributed by atoms with Crippen LogP contribution in [0.1, 0.15) is 43.5 Å². The van der Waals surface area contributed by atoms with Crippen molar-refractivity contribution in [3.63, 3.8) is 0 Å². The Balaban J connectivity index is 1.55. The molecule has 4 aromatic rings. The summed E-state index contributed by atoms with van der Waals surface area (Å²) in [5.41, 5.74) is 3.08. The number of carbonyl (C=O) groups excluding carboxylic acids is 1. The average molecular weight is 589 g/mol. The quantitative estimate of drug-likeness (QED) is 0.244. The molecule has 1 aliphatic heterocycles. The third-order valence-corrected chi connectivity index (χ3v) is 7.89. The monoisotopic (exact) mass is 588 g/mol. The summed E-state index contributed by atoms with van der Waals surface area (Å²) in [4.78, 5) is 32.0. The topological polar surface area (TPSA) is 79.1 Å². The standard InChI is InChI=1S/C32H29ClN2O5S/c1-4-38-26-17-21(15-16-25(26)40-19-23-13-9-10-14-24(23)33)18-27-30(36)35-29(22-11-7-6-8-12-22)28(31(37)39-5-2)20(3)34-32(35)41-27/h6-18,29H,4-5,19H2,1-3H3/b27-18+/t29-/m0/s1. The minimum atomic E-state index is -0.645. The second-order valence-electron chi connectivity index (χ2n) is 9.23. The molecule has 0 radical (unpaired) electrons. The third-order valence-electron chi connectivity index (χ3n) is 6.54. The molecule has 7 nitrogen and oxygen atoms in total. The van der Waals surface area contributed by atoms with Gasteiger partial charge >= 0.3 is 5.97 Å². The molecule has 0 spiro atoms. The summed E-state index contributed by atoms with van der Waals surface area (Å²) in [6, 6.07) is 21.9. The Bertz CT molecular complexity index is 1790. The Morgan fingerprint density at radius 1 is 1.00 bits per heavy atom. The number of benzene rings is 3. The van der Waals surface area contributed by atoms with Crippen LogP contribution in [-0.4, -0.2) is 23.8 Å². The van der Waals surface area contributed by atoms with Crippen molar-refractivity contribution in [3.05, 3.63) is 125 Å². The fourth-order valence-corrected chi connectivity index (χ4v) is 5.90. The number of aromatic nitrogens is 1. The van der Waals surface area contributed by atoms with Gasteiger partial charge in [-0.05, 0) is 56.2 Å². The van der Waals surface area contributed by atoms with E-state index in [4.69, 9.17) is 25.8 Å². The van der Waals surface area contributed by atoms with Gasteiger partial charge in [0.1, 0.15) is 6.61 Å². The Morgan fingerprint density at radius 3 is 2.49 bits per heavy atom. The predicted molar refractivity (Wildman–Crippen MR) is 160 cm³/mol. The van der Waals surface area contributed by atoms with Gasteiger partial charge in [-0.15, -0.1) is 0 Å². The molecule has 0 unspecified atom stereocenters. The number of ether oxygens (including phenoxy) is 3. The van der Waals surface area contributed by atoms with E-state index >= 15 is 0 Å². The van der Waals surface area contributed by atoms with Gasteiger partial charge in [0.2, 0.25) is 0 Å². The van der Waals surface area contributed by atoms with Crippen LogP contribution in [0.4, 0.5) is 0 Å². The third kappa shape index (κ3) is 5.99.